The van der Waals surface area contributed by atoms with Crippen LogP contribution in [-0.2, 0) is 4.79 Å². The van der Waals surface area contributed by atoms with Crippen LogP contribution in [0.4, 0.5) is 10.1 Å². The highest BCUT2D eigenvalue weighted by molar-refractivity contribution is 5.91. The number of carbonyl (C=O) groups excluding carboxylic acids is 2. The molecule has 0 saturated carbocycles. The molecule has 0 unspecified atom stereocenters. The fourth-order valence-corrected chi connectivity index (χ4v) is 2.55. The summed E-state index contributed by atoms with van der Waals surface area (Å²) in [5.74, 6) is -0.892. The third-order valence-corrected chi connectivity index (χ3v) is 4.10. The van der Waals surface area contributed by atoms with E-state index < -0.39 is 11.8 Å². The van der Waals surface area contributed by atoms with Crippen LogP contribution in [0.3, 0.4) is 0 Å². The number of hydrazone groups is 1. The predicted molar refractivity (Wildman–Crippen MR) is 115 cm³/mol. The molecule has 0 aliphatic carbocycles. The zero-order valence-electron chi connectivity index (χ0n) is 16.7. The van der Waals surface area contributed by atoms with Crippen LogP contribution in [0.1, 0.15) is 15.9 Å². The molecule has 31 heavy (non-hydrogen) atoms. The standard InChI is InChI=1S/C23H20FN3O4/c1-30-21-13-16(14-26-27-22(28)15-25-19-5-3-2-4-6-19)7-12-20(21)31-23(29)17-8-10-18(24)11-9-17/h2-14,25H,15H2,1H3,(H,27,28). The zero-order valence-corrected chi connectivity index (χ0v) is 16.7. The molecule has 3 rings (SSSR count). The van der Waals surface area contributed by atoms with Gasteiger partial charge in [-0.2, -0.15) is 5.10 Å². The van der Waals surface area contributed by atoms with Crippen LogP contribution in [0.25, 0.3) is 0 Å². The second-order valence-corrected chi connectivity index (χ2v) is 6.32. The van der Waals surface area contributed by atoms with E-state index in [1.165, 1.54) is 37.6 Å². The Morgan fingerprint density at radius 3 is 2.45 bits per heavy atom. The van der Waals surface area contributed by atoms with Crippen molar-refractivity contribution < 1.29 is 23.5 Å². The number of rotatable bonds is 8. The van der Waals surface area contributed by atoms with Crippen LogP contribution in [-0.4, -0.2) is 31.7 Å². The summed E-state index contributed by atoms with van der Waals surface area (Å²) in [5, 5.41) is 6.89. The Balaban J connectivity index is 1.56. The Bertz CT molecular complexity index is 1070. The number of anilines is 1. The molecule has 0 atom stereocenters. The number of amides is 1. The van der Waals surface area contributed by atoms with Crippen molar-refractivity contribution in [2.24, 2.45) is 5.10 Å². The summed E-state index contributed by atoms with van der Waals surface area (Å²) < 4.78 is 23.6. The Morgan fingerprint density at radius 1 is 1.00 bits per heavy atom. The van der Waals surface area contributed by atoms with E-state index in [9.17, 15) is 14.0 Å². The lowest BCUT2D eigenvalue weighted by Gasteiger charge is -2.10. The van der Waals surface area contributed by atoms with Crippen LogP contribution in [0, 0.1) is 5.82 Å². The van der Waals surface area contributed by atoms with Crippen LogP contribution in [0.5, 0.6) is 11.5 Å². The number of halogens is 1. The van der Waals surface area contributed by atoms with E-state index in [0.717, 1.165) is 5.69 Å². The van der Waals surface area contributed by atoms with Gasteiger partial charge in [-0.05, 0) is 60.2 Å². The average Bonchev–Trinajstić information content (AvgIpc) is 2.79. The van der Waals surface area contributed by atoms with Crippen molar-refractivity contribution in [3.05, 3.63) is 89.7 Å². The largest absolute Gasteiger partial charge is 0.493 e. The Morgan fingerprint density at radius 2 is 1.74 bits per heavy atom. The smallest absolute Gasteiger partial charge is 0.343 e. The molecule has 8 heteroatoms. The Labute approximate surface area is 178 Å². The maximum absolute atomic E-state index is 13.0. The first kappa shape index (κ1) is 21.5. The van der Waals surface area contributed by atoms with Crippen LogP contribution in [0.2, 0.25) is 0 Å². The minimum absolute atomic E-state index is 0.0724. The summed E-state index contributed by atoms with van der Waals surface area (Å²) in [5.41, 5.74) is 4.08. The first-order valence-electron chi connectivity index (χ1n) is 9.32. The summed E-state index contributed by atoms with van der Waals surface area (Å²) in [6.07, 6.45) is 1.44. The number of nitrogens with zero attached hydrogens (tertiary/aromatic N) is 1. The van der Waals surface area contributed by atoms with Gasteiger partial charge in [-0.15, -0.1) is 0 Å². The molecule has 3 aromatic rings. The highest BCUT2D eigenvalue weighted by Gasteiger charge is 2.13. The van der Waals surface area contributed by atoms with Crippen molar-refractivity contribution in [3.8, 4) is 11.5 Å². The fraction of sp³-hybridized carbons (Fsp3) is 0.0870. The highest BCUT2D eigenvalue weighted by atomic mass is 19.1. The molecule has 0 bridgehead atoms. The molecule has 0 spiro atoms. The molecular weight excluding hydrogens is 401 g/mol. The van der Waals surface area contributed by atoms with E-state index in [-0.39, 0.29) is 23.8 Å². The molecule has 0 fully saturated rings. The van der Waals surface area contributed by atoms with Gasteiger partial charge < -0.3 is 14.8 Å². The molecule has 1 amide bonds. The van der Waals surface area contributed by atoms with Gasteiger partial charge in [0.25, 0.3) is 5.91 Å². The molecule has 3 aromatic carbocycles. The molecule has 0 aliphatic heterocycles. The molecule has 7 nitrogen and oxygen atoms in total. The van der Waals surface area contributed by atoms with E-state index in [0.29, 0.717) is 11.3 Å². The van der Waals surface area contributed by atoms with Gasteiger partial charge in [-0.3, -0.25) is 4.79 Å². The Kier molecular flexibility index (Phi) is 7.31. The fourth-order valence-electron chi connectivity index (χ4n) is 2.55. The topological polar surface area (TPSA) is 89.0 Å². The summed E-state index contributed by atoms with van der Waals surface area (Å²) >= 11 is 0. The number of ether oxygens (including phenoxy) is 2. The number of carbonyl (C=O) groups is 2. The van der Waals surface area contributed by atoms with Gasteiger partial charge in [0.1, 0.15) is 5.82 Å². The van der Waals surface area contributed by atoms with Gasteiger partial charge in [0, 0.05) is 5.69 Å². The number of esters is 1. The molecule has 0 aliphatic rings. The zero-order chi connectivity index (χ0) is 22.1. The van der Waals surface area contributed by atoms with Crippen molar-refractivity contribution in [3.63, 3.8) is 0 Å². The molecule has 0 aromatic heterocycles. The lowest BCUT2D eigenvalue weighted by atomic mass is 10.2. The Hall–Kier alpha value is -4.20. The van der Waals surface area contributed by atoms with Crippen molar-refractivity contribution in [1.82, 2.24) is 5.43 Å². The van der Waals surface area contributed by atoms with Gasteiger partial charge >= 0.3 is 5.97 Å². The number of hydrogen-bond acceptors (Lipinski definition) is 6. The molecule has 2 N–H and O–H groups in total. The minimum atomic E-state index is -0.641. The molecular formula is C23H20FN3O4. The third kappa shape index (κ3) is 6.40. The molecule has 158 valence electrons. The summed E-state index contributed by atoms with van der Waals surface area (Å²) in [6.45, 7) is 0.0724. The normalized spacial score (nSPS) is 10.5. The van der Waals surface area contributed by atoms with Crippen LogP contribution in [0.15, 0.2) is 77.9 Å². The van der Waals surface area contributed by atoms with Gasteiger partial charge in [-0.1, -0.05) is 18.2 Å². The number of hydrogen-bond donors (Lipinski definition) is 2. The quantitative estimate of drug-likeness (QED) is 0.251. The molecule has 0 radical (unpaired) electrons. The lowest BCUT2D eigenvalue weighted by molar-refractivity contribution is -0.119. The second-order valence-electron chi connectivity index (χ2n) is 6.32. The van der Waals surface area contributed by atoms with E-state index in [1.54, 1.807) is 18.2 Å². The summed E-state index contributed by atoms with van der Waals surface area (Å²) in [6, 6.07) is 19.1. The van der Waals surface area contributed by atoms with Gasteiger partial charge in [0.05, 0.1) is 25.4 Å². The van der Waals surface area contributed by atoms with Gasteiger partial charge in [0.15, 0.2) is 11.5 Å². The van der Waals surface area contributed by atoms with E-state index in [4.69, 9.17) is 9.47 Å². The van der Waals surface area contributed by atoms with Crippen molar-refractivity contribution >= 4 is 23.8 Å². The lowest BCUT2D eigenvalue weighted by Crippen LogP contribution is -2.25. The minimum Gasteiger partial charge on any atom is -0.493 e. The van der Waals surface area contributed by atoms with E-state index >= 15 is 0 Å². The number of benzene rings is 3. The first-order valence-corrected chi connectivity index (χ1v) is 9.32. The van der Waals surface area contributed by atoms with E-state index in [1.807, 2.05) is 30.3 Å². The summed E-state index contributed by atoms with van der Waals surface area (Å²) in [4.78, 5) is 24.1. The van der Waals surface area contributed by atoms with Crippen LogP contribution < -0.4 is 20.2 Å². The third-order valence-electron chi connectivity index (χ3n) is 4.10. The monoisotopic (exact) mass is 421 g/mol. The van der Waals surface area contributed by atoms with Crippen LogP contribution >= 0.6 is 0 Å². The second kappa shape index (κ2) is 10.5. The maximum Gasteiger partial charge on any atom is 0.343 e. The summed E-state index contributed by atoms with van der Waals surface area (Å²) in [7, 11) is 1.43. The van der Waals surface area contributed by atoms with Gasteiger partial charge in [-0.25, -0.2) is 14.6 Å². The maximum atomic E-state index is 13.0. The SMILES string of the molecule is COc1cc(C=NNC(=O)CNc2ccccc2)ccc1OC(=O)c1ccc(F)cc1. The molecule has 0 saturated heterocycles. The molecule has 0 heterocycles. The number of nitrogens with one attached hydrogen (secondary N) is 2. The highest BCUT2D eigenvalue weighted by Crippen LogP contribution is 2.28. The average molecular weight is 421 g/mol. The van der Waals surface area contributed by atoms with Gasteiger partial charge in [0.2, 0.25) is 0 Å². The van der Waals surface area contributed by atoms with Crippen molar-refractivity contribution in [2.75, 3.05) is 19.0 Å². The van der Waals surface area contributed by atoms with Crippen molar-refractivity contribution in [1.29, 1.82) is 0 Å². The van der Waals surface area contributed by atoms with Crippen molar-refractivity contribution in [2.45, 2.75) is 0 Å². The predicted octanol–water partition coefficient (Wildman–Crippen LogP) is 3.62. The number of methoxy groups -OCH3 is 1. The number of para-hydroxylation sites is 1. The first-order chi connectivity index (χ1) is 15.0. The van der Waals surface area contributed by atoms with E-state index in [2.05, 4.69) is 15.8 Å².